The van der Waals surface area contributed by atoms with E-state index in [0.29, 0.717) is 5.76 Å². The van der Waals surface area contributed by atoms with Crippen LogP contribution >= 0.6 is 0 Å². The van der Waals surface area contributed by atoms with Crippen LogP contribution in [0.1, 0.15) is 40.7 Å². The van der Waals surface area contributed by atoms with Crippen LogP contribution in [0.2, 0.25) is 0 Å². The first-order chi connectivity index (χ1) is 9.15. The van der Waals surface area contributed by atoms with Crippen molar-refractivity contribution < 1.29 is 9.32 Å². The van der Waals surface area contributed by atoms with Crippen LogP contribution in [-0.4, -0.2) is 32.3 Å². The van der Waals surface area contributed by atoms with Crippen molar-refractivity contribution in [2.24, 2.45) is 7.05 Å². The zero-order chi connectivity index (χ0) is 13.4. The van der Waals surface area contributed by atoms with E-state index in [2.05, 4.69) is 10.3 Å². The van der Waals surface area contributed by atoms with Crippen molar-refractivity contribution in [2.75, 3.05) is 6.54 Å². The highest BCUT2D eigenvalue weighted by Crippen LogP contribution is 2.32. The molecule has 0 spiro atoms. The van der Waals surface area contributed by atoms with Gasteiger partial charge in [0.05, 0.1) is 17.9 Å². The minimum Gasteiger partial charge on any atom is -0.351 e. The Balaban J connectivity index is 1.85. The fourth-order valence-electron chi connectivity index (χ4n) is 2.57. The normalized spacial score (nSPS) is 19.1. The second-order valence-corrected chi connectivity index (χ2v) is 4.94. The summed E-state index contributed by atoms with van der Waals surface area (Å²) in [6.45, 7) is 2.56. The summed E-state index contributed by atoms with van der Waals surface area (Å²) < 4.78 is 6.82. The number of rotatable bonds is 2. The van der Waals surface area contributed by atoms with Gasteiger partial charge >= 0.3 is 0 Å². The predicted molar refractivity (Wildman–Crippen MR) is 67.5 cm³/mol. The average Bonchev–Trinajstić information content (AvgIpc) is 3.07. The van der Waals surface area contributed by atoms with E-state index in [0.717, 1.165) is 30.6 Å². The molecule has 2 aromatic heterocycles. The Hall–Kier alpha value is -2.11. The topological polar surface area (TPSA) is 64.2 Å². The van der Waals surface area contributed by atoms with Crippen LogP contribution in [0, 0.1) is 6.92 Å². The van der Waals surface area contributed by atoms with Crippen LogP contribution < -0.4 is 0 Å². The molecule has 0 aromatic carbocycles. The molecule has 6 nitrogen and oxygen atoms in total. The summed E-state index contributed by atoms with van der Waals surface area (Å²) in [4.78, 5) is 14.3. The molecule has 0 radical (unpaired) electrons. The first kappa shape index (κ1) is 12.0. The Morgan fingerprint density at radius 2 is 2.37 bits per heavy atom. The summed E-state index contributed by atoms with van der Waals surface area (Å²) in [5.74, 6) is 0.222. The Morgan fingerprint density at radius 1 is 1.53 bits per heavy atom. The minimum absolute atomic E-state index is 0.0895. The van der Waals surface area contributed by atoms with Gasteiger partial charge in [-0.2, -0.15) is 5.10 Å². The van der Waals surface area contributed by atoms with Crippen molar-refractivity contribution in [3.63, 3.8) is 0 Å². The SMILES string of the molecule is Cc1cc(C(=O)N2CCCC2c2cnn(C)c2)on1. The van der Waals surface area contributed by atoms with Gasteiger partial charge in [-0.1, -0.05) is 5.16 Å². The summed E-state index contributed by atoms with van der Waals surface area (Å²) in [5, 5.41) is 7.95. The zero-order valence-corrected chi connectivity index (χ0v) is 11.0. The van der Waals surface area contributed by atoms with Crippen molar-refractivity contribution in [3.8, 4) is 0 Å². The maximum absolute atomic E-state index is 12.4. The number of carbonyl (C=O) groups is 1. The third kappa shape index (κ3) is 2.14. The molecule has 1 saturated heterocycles. The number of aryl methyl sites for hydroxylation is 2. The first-order valence-electron chi connectivity index (χ1n) is 6.38. The van der Waals surface area contributed by atoms with E-state index in [1.54, 1.807) is 10.7 Å². The van der Waals surface area contributed by atoms with Gasteiger partial charge < -0.3 is 9.42 Å². The second-order valence-electron chi connectivity index (χ2n) is 4.94. The highest BCUT2D eigenvalue weighted by molar-refractivity contribution is 5.92. The Bertz CT molecular complexity index is 601. The van der Waals surface area contributed by atoms with Crippen molar-refractivity contribution in [2.45, 2.75) is 25.8 Å². The van der Waals surface area contributed by atoms with E-state index in [4.69, 9.17) is 4.52 Å². The smallest absolute Gasteiger partial charge is 0.292 e. The molecule has 1 unspecified atom stereocenters. The molecule has 19 heavy (non-hydrogen) atoms. The molecule has 3 heterocycles. The quantitative estimate of drug-likeness (QED) is 0.824. The van der Waals surface area contributed by atoms with E-state index >= 15 is 0 Å². The van der Waals surface area contributed by atoms with Gasteiger partial charge in [0, 0.05) is 31.4 Å². The molecule has 1 aliphatic rings. The number of aromatic nitrogens is 3. The number of amides is 1. The van der Waals surface area contributed by atoms with Gasteiger partial charge in [-0.3, -0.25) is 9.48 Å². The lowest BCUT2D eigenvalue weighted by atomic mass is 10.1. The lowest BCUT2D eigenvalue weighted by molar-refractivity contribution is 0.0693. The number of hydrogen-bond donors (Lipinski definition) is 0. The van der Waals surface area contributed by atoms with Crippen LogP contribution in [0.25, 0.3) is 0 Å². The molecule has 0 aliphatic carbocycles. The van der Waals surface area contributed by atoms with Crippen LogP contribution in [0.15, 0.2) is 23.0 Å². The predicted octanol–water partition coefficient (Wildman–Crippen LogP) is 1.69. The van der Waals surface area contributed by atoms with Crippen LogP contribution in [0.4, 0.5) is 0 Å². The van der Waals surface area contributed by atoms with Crippen LogP contribution in [0.5, 0.6) is 0 Å². The minimum atomic E-state index is -0.0908. The first-order valence-corrected chi connectivity index (χ1v) is 6.38. The zero-order valence-electron chi connectivity index (χ0n) is 11.0. The number of hydrogen-bond acceptors (Lipinski definition) is 4. The van der Waals surface area contributed by atoms with Gasteiger partial charge in [0.2, 0.25) is 5.76 Å². The van der Waals surface area contributed by atoms with Gasteiger partial charge in [-0.15, -0.1) is 0 Å². The van der Waals surface area contributed by atoms with Crippen molar-refractivity contribution in [1.82, 2.24) is 19.8 Å². The number of carbonyl (C=O) groups excluding carboxylic acids is 1. The second kappa shape index (κ2) is 4.53. The molecule has 1 atom stereocenters. The molecule has 1 amide bonds. The van der Waals surface area contributed by atoms with Crippen molar-refractivity contribution in [1.29, 1.82) is 0 Å². The number of likely N-dealkylation sites (tertiary alicyclic amines) is 1. The standard InChI is InChI=1S/C13H16N4O2/c1-9-6-12(19-15-9)13(18)17-5-3-4-11(17)10-7-14-16(2)8-10/h6-8,11H,3-5H2,1-2H3. The number of nitrogens with zero attached hydrogens (tertiary/aromatic N) is 4. The average molecular weight is 260 g/mol. The molecule has 1 fully saturated rings. The molecule has 0 saturated carbocycles. The maximum atomic E-state index is 12.4. The Kier molecular flexibility index (Phi) is 2.85. The maximum Gasteiger partial charge on any atom is 0.292 e. The fraction of sp³-hybridized carbons (Fsp3) is 0.462. The Morgan fingerprint density at radius 3 is 3.00 bits per heavy atom. The molecular weight excluding hydrogens is 244 g/mol. The van der Waals surface area contributed by atoms with E-state index in [9.17, 15) is 4.79 Å². The Labute approximate surface area is 111 Å². The summed E-state index contributed by atoms with van der Waals surface area (Å²) in [6, 6.07) is 1.77. The lowest BCUT2D eigenvalue weighted by Gasteiger charge is -2.22. The van der Waals surface area contributed by atoms with Crippen molar-refractivity contribution in [3.05, 3.63) is 35.5 Å². The summed E-state index contributed by atoms with van der Waals surface area (Å²) in [5.41, 5.74) is 1.80. The molecule has 1 aliphatic heterocycles. The highest BCUT2D eigenvalue weighted by atomic mass is 16.5. The van der Waals surface area contributed by atoms with Gasteiger partial charge in [0.15, 0.2) is 0 Å². The molecular formula is C13H16N4O2. The van der Waals surface area contributed by atoms with E-state index in [1.807, 2.05) is 31.3 Å². The molecule has 2 aromatic rings. The third-order valence-corrected chi connectivity index (χ3v) is 3.46. The van der Waals surface area contributed by atoms with E-state index in [-0.39, 0.29) is 11.9 Å². The van der Waals surface area contributed by atoms with Gasteiger partial charge in [-0.05, 0) is 19.8 Å². The highest BCUT2D eigenvalue weighted by Gasteiger charge is 2.33. The van der Waals surface area contributed by atoms with Crippen LogP contribution in [-0.2, 0) is 7.05 Å². The van der Waals surface area contributed by atoms with E-state index < -0.39 is 0 Å². The monoisotopic (exact) mass is 260 g/mol. The van der Waals surface area contributed by atoms with E-state index in [1.165, 1.54) is 0 Å². The van der Waals surface area contributed by atoms with Gasteiger partial charge in [-0.25, -0.2) is 0 Å². The molecule has 100 valence electrons. The molecule has 6 heteroatoms. The molecule has 3 rings (SSSR count). The van der Waals surface area contributed by atoms with Gasteiger partial charge in [0.1, 0.15) is 0 Å². The lowest BCUT2D eigenvalue weighted by Crippen LogP contribution is -2.30. The summed E-state index contributed by atoms with van der Waals surface area (Å²) >= 11 is 0. The van der Waals surface area contributed by atoms with Crippen LogP contribution in [0.3, 0.4) is 0 Å². The van der Waals surface area contributed by atoms with Gasteiger partial charge in [0.25, 0.3) is 5.91 Å². The molecule has 0 bridgehead atoms. The summed E-state index contributed by atoms with van der Waals surface area (Å²) in [6.07, 6.45) is 5.74. The molecule has 0 N–H and O–H groups in total. The summed E-state index contributed by atoms with van der Waals surface area (Å²) in [7, 11) is 1.88. The van der Waals surface area contributed by atoms with Crippen molar-refractivity contribution >= 4 is 5.91 Å². The largest absolute Gasteiger partial charge is 0.351 e. The fourth-order valence-corrected chi connectivity index (χ4v) is 2.57. The third-order valence-electron chi connectivity index (χ3n) is 3.46.